The quantitative estimate of drug-likeness (QED) is 0.0478. The van der Waals surface area contributed by atoms with E-state index in [9.17, 15) is 30.1 Å². The lowest BCUT2D eigenvalue weighted by atomic mass is 9.80. The van der Waals surface area contributed by atoms with Gasteiger partial charge in [0.25, 0.3) is 11.4 Å². The lowest BCUT2D eigenvalue weighted by Crippen LogP contribution is -2.38. The molecule has 0 aliphatic carbocycles. The second-order valence-corrected chi connectivity index (χ2v) is 15.0. The molecule has 2 aromatic heterocycles. The highest BCUT2D eigenvalue weighted by Crippen LogP contribution is 2.42. The lowest BCUT2D eigenvalue weighted by Gasteiger charge is -2.37. The fraction of sp³-hybridized carbons (Fsp3) is 0.234. The number of aliphatic hydroxyl groups is 1. The summed E-state index contributed by atoms with van der Waals surface area (Å²) >= 11 is 0. The summed E-state index contributed by atoms with van der Waals surface area (Å²) in [5.41, 5.74) is 3.34. The van der Waals surface area contributed by atoms with Crippen molar-refractivity contribution in [3.05, 3.63) is 188 Å². The second kappa shape index (κ2) is 19.7. The topological polar surface area (TPSA) is 225 Å². The first-order chi connectivity index (χ1) is 31.6. The first kappa shape index (κ1) is 43.8. The fourth-order valence-electron chi connectivity index (χ4n) is 7.65. The summed E-state index contributed by atoms with van der Waals surface area (Å²) < 4.78 is 32.1. The maximum atomic E-state index is 13.0. The number of aliphatic hydroxyl groups excluding tert-OH is 1. The minimum Gasteiger partial charge on any atom is -0.497 e. The van der Waals surface area contributed by atoms with E-state index in [0.717, 1.165) is 27.8 Å². The number of rotatable bonds is 18. The van der Waals surface area contributed by atoms with Crippen LogP contribution in [0.5, 0.6) is 11.6 Å². The van der Waals surface area contributed by atoms with Crippen molar-refractivity contribution >= 4 is 34.6 Å². The average molecular weight is 882 g/mol. The molecule has 0 spiro atoms. The number of hydrogen-bond acceptors (Lipinski definition) is 14. The van der Waals surface area contributed by atoms with Gasteiger partial charge in [0.05, 0.1) is 49.2 Å². The van der Waals surface area contributed by atoms with Crippen molar-refractivity contribution in [1.82, 2.24) is 19.5 Å². The van der Waals surface area contributed by atoms with Gasteiger partial charge in [0.2, 0.25) is 11.8 Å². The van der Waals surface area contributed by atoms with Gasteiger partial charge in [-0.25, -0.2) is 9.78 Å². The van der Waals surface area contributed by atoms with Crippen LogP contribution in [0.15, 0.2) is 140 Å². The number of nitrogens with zero attached hydrogens (tertiary/aromatic N) is 6. The number of nitro groups is 2. The number of carbonyl (C=O) groups excluding carboxylic acids is 1. The zero-order valence-electron chi connectivity index (χ0n) is 35.0. The Morgan fingerprint density at radius 1 is 0.800 bits per heavy atom. The summed E-state index contributed by atoms with van der Waals surface area (Å²) in [6, 6.07) is 39.3. The van der Waals surface area contributed by atoms with E-state index in [2.05, 4.69) is 20.3 Å². The Morgan fingerprint density at radius 2 is 1.37 bits per heavy atom. The first-order valence-electron chi connectivity index (χ1n) is 20.6. The van der Waals surface area contributed by atoms with E-state index in [1.807, 2.05) is 84.9 Å². The number of carbonyl (C=O) groups is 1. The number of nitro benzene ring substituents is 2. The van der Waals surface area contributed by atoms with Crippen molar-refractivity contribution in [2.24, 2.45) is 0 Å². The van der Waals surface area contributed by atoms with E-state index in [1.54, 1.807) is 35.9 Å². The van der Waals surface area contributed by atoms with Crippen LogP contribution >= 0.6 is 0 Å². The normalized spacial score (nSPS) is 15.9. The van der Waals surface area contributed by atoms with Gasteiger partial charge in [-0.05, 0) is 39.9 Å². The molecule has 0 bridgehead atoms. The number of nitrogens with one attached hydrogen (secondary N) is 1. The molecule has 18 heteroatoms. The van der Waals surface area contributed by atoms with Crippen molar-refractivity contribution in [2.75, 3.05) is 32.2 Å². The summed E-state index contributed by atoms with van der Waals surface area (Å²) in [5.74, 6) is 0.550. The summed E-state index contributed by atoms with van der Waals surface area (Å²) in [7, 11) is 1.61. The van der Waals surface area contributed by atoms with Gasteiger partial charge in [-0.2, -0.15) is 9.97 Å². The van der Waals surface area contributed by atoms with Crippen LogP contribution in [-0.4, -0.2) is 79.7 Å². The highest BCUT2D eigenvalue weighted by atomic mass is 16.6. The highest BCUT2D eigenvalue weighted by molar-refractivity contribution is 5.85. The van der Waals surface area contributed by atoms with Crippen molar-refractivity contribution < 1.29 is 43.4 Å². The minimum absolute atomic E-state index is 0.0232. The highest BCUT2D eigenvalue weighted by Gasteiger charge is 2.42. The number of methoxy groups -OCH3 is 1. The molecular weight excluding hydrogens is 839 g/mol. The van der Waals surface area contributed by atoms with Gasteiger partial charge in [-0.3, -0.25) is 30.1 Å². The average Bonchev–Trinajstić information content (AvgIpc) is 3.93. The largest absolute Gasteiger partial charge is 0.497 e. The number of aromatic nitrogens is 4. The number of anilines is 1. The Kier molecular flexibility index (Phi) is 13.3. The zero-order chi connectivity index (χ0) is 45.3. The molecule has 1 aliphatic heterocycles. The van der Waals surface area contributed by atoms with Crippen LogP contribution in [0.4, 0.5) is 22.1 Å². The van der Waals surface area contributed by atoms with E-state index in [4.69, 9.17) is 23.7 Å². The number of non-ortho nitro benzene ring substituents is 2. The van der Waals surface area contributed by atoms with Crippen LogP contribution in [0.2, 0.25) is 0 Å². The monoisotopic (exact) mass is 881 g/mol. The Labute approximate surface area is 371 Å². The maximum Gasteiger partial charge on any atom is 0.414 e. The molecule has 65 heavy (non-hydrogen) atoms. The van der Waals surface area contributed by atoms with Gasteiger partial charge >= 0.3 is 6.09 Å². The number of hydrogen-bond donors (Lipinski definition) is 2. The Bertz CT molecular complexity index is 2700. The predicted molar refractivity (Wildman–Crippen MR) is 236 cm³/mol. The van der Waals surface area contributed by atoms with Crippen LogP contribution in [0.3, 0.4) is 0 Å². The third-order valence-corrected chi connectivity index (χ3v) is 11.0. The lowest BCUT2D eigenvalue weighted by molar-refractivity contribution is -0.385. The van der Waals surface area contributed by atoms with Gasteiger partial charge in [-0.1, -0.05) is 97.1 Å². The Hall–Kier alpha value is -7.80. The summed E-state index contributed by atoms with van der Waals surface area (Å²) in [6.45, 7) is 0.0192. The molecule has 18 nitrogen and oxygen atoms in total. The van der Waals surface area contributed by atoms with Crippen LogP contribution in [0.1, 0.15) is 40.5 Å². The molecular formula is C47H43N7O11. The molecule has 1 amide bonds. The van der Waals surface area contributed by atoms with Gasteiger partial charge < -0.3 is 28.8 Å². The van der Waals surface area contributed by atoms with Crippen LogP contribution < -0.4 is 14.8 Å². The van der Waals surface area contributed by atoms with Crippen molar-refractivity contribution in [2.45, 2.75) is 43.3 Å². The van der Waals surface area contributed by atoms with E-state index < -0.39 is 40.0 Å². The molecule has 3 heterocycles. The number of ether oxygens (including phenoxy) is 5. The van der Waals surface area contributed by atoms with Gasteiger partial charge in [0.15, 0.2) is 11.2 Å². The van der Waals surface area contributed by atoms with Crippen molar-refractivity contribution in [3.8, 4) is 11.6 Å². The third kappa shape index (κ3) is 9.89. The Balaban J connectivity index is 1.03. The van der Waals surface area contributed by atoms with E-state index in [0.29, 0.717) is 18.6 Å². The van der Waals surface area contributed by atoms with E-state index in [-0.39, 0.29) is 60.6 Å². The van der Waals surface area contributed by atoms with Crippen LogP contribution in [0.25, 0.3) is 11.2 Å². The van der Waals surface area contributed by atoms with E-state index in [1.165, 1.54) is 30.6 Å². The van der Waals surface area contributed by atoms with Gasteiger partial charge in [-0.15, -0.1) is 0 Å². The van der Waals surface area contributed by atoms with E-state index >= 15 is 0 Å². The first-order valence-corrected chi connectivity index (χ1v) is 20.6. The number of fused-ring (bicyclic) bond motifs is 1. The maximum absolute atomic E-state index is 13.0. The van der Waals surface area contributed by atoms with Gasteiger partial charge in [0.1, 0.15) is 23.7 Å². The SMILES string of the molecule is COc1ccc(C(OC[C@H]2O[C@@H](n3cnc4c(OCCc5ccc([N+](=O)[O-])cc5)nc(NC(=O)OCCc5ccc([N+](=O)[O-])cc5)nc43)C[C@@H]2O)(c2ccccc2)c2ccccc2)cc1. The van der Waals surface area contributed by atoms with Gasteiger partial charge in [0, 0.05) is 43.5 Å². The third-order valence-electron chi connectivity index (χ3n) is 11.0. The molecule has 5 aromatic carbocycles. The fourth-order valence-corrected chi connectivity index (χ4v) is 7.65. The number of amides is 1. The molecule has 8 rings (SSSR count). The molecule has 0 unspecified atom stereocenters. The van der Waals surface area contributed by atoms with Crippen molar-refractivity contribution in [3.63, 3.8) is 0 Å². The molecule has 0 saturated carbocycles. The molecule has 0 radical (unpaired) electrons. The molecule has 2 N–H and O–H groups in total. The predicted octanol–water partition coefficient (Wildman–Crippen LogP) is 7.72. The molecule has 1 saturated heterocycles. The second-order valence-electron chi connectivity index (χ2n) is 15.0. The van der Waals surface area contributed by atoms with Crippen LogP contribution in [0, 0.1) is 20.2 Å². The van der Waals surface area contributed by atoms with Crippen molar-refractivity contribution in [1.29, 1.82) is 0 Å². The minimum atomic E-state index is -1.11. The number of benzene rings is 5. The molecule has 3 atom stereocenters. The standard InChI is InChI=1S/C47H43N7O11/c1-61-38-22-16-35(17-23-38)47(33-8-4-2-5-9-33,34-10-6-3-7-11-34)64-29-40-39(55)28-41(65-40)52-30-48-42-43(52)49-45(50-44(42)62-26-24-31-12-18-36(19-13-31)53(57)58)51-46(56)63-27-25-32-14-20-37(21-15-32)54(59)60/h2-23,30,39-41,55H,24-29H2,1H3,(H,49,50,51,56)/t39-,40+,41+/m0/s1. The summed E-state index contributed by atoms with van der Waals surface area (Å²) in [4.78, 5) is 47.8. The molecule has 332 valence electrons. The summed E-state index contributed by atoms with van der Waals surface area (Å²) in [5, 5.41) is 36.3. The Morgan fingerprint density at radius 3 is 1.94 bits per heavy atom. The van der Waals surface area contributed by atoms with Crippen LogP contribution in [-0.2, 0) is 32.7 Å². The molecule has 7 aromatic rings. The zero-order valence-corrected chi connectivity index (χ0v) is 35.0. The summed E-state index contributed by atoms with van der Waals surface area (Å²) in [6.07, 6.45) is -1.14. The molecule has 1 aliphatic rings. The molecule has 1 fully saturated rings. The number of imidazole rings is 1. The smallest absolute Gasteiger partial charge is 0.414 e.